The number of hydrogen-bond acceptors (Lipinski definition) is 7. The molecule has 0 aliphatic heterocycles. The Kier molecular flexibility index (Phi) is 6.10. The predicted octanol–water partition coefficient (Wildman–Crippen LogP) is 2.65. The van der Waals surface area contributed by atoms with E-state index in [2.05, 4.69) is 31.4 Å². The standard InChI is InChI=1S/C18H17BrN4O4S/c1-3-11-6-12-17(28-11)20-9-23(18(12)26)8-15(24)22-21-7-10-4-13(19)16(25)14(5-10)27-2/h4-7,9,25H,3,8H2,1-2H3,(H,22,24)/b21-7-. The van der Waals surface area contributed by atoms with Crippen LogP contribution in [0.5, 0.6) is 11.5 Å². The molecule has 8 nitrogen and oxygen atoms in total. The second-order valence-electron chi connectivity index (χ2n) is 5.81. The molecular weight excluding hydrogens is 448 g/mol. The fourth-order valence-electron chi connectivity index (χ4n) is 2.49. The molecule has 0 aliphatic carbocycles. The fraction of sp³-hybridized carbons (Fsp3) is 0.222. The van der Waals surface area contributed by atoms with E-state index in [1.54, 1.807) is 12.1 Å². The zero-order valence-electron chi connectivity index (χ0n) is 15.1. The summed E-state index contributed by atoms with van der Waals surface area (Å²) in [6.45, 7) is 1.82. The molecule has 0 bridgehead atoms. The van der Waals surface area contributed by atoms with Crippen LogP contribution in [-0.4, -0.2) is 33.9 Å². The van der Waals surface area contributed by atoms with E-state index in [1.165, 1.54) is 35.6 Å². The minimum Gasteiger partial charge on any atom is -0.503 e. The van der Waals surface area contributed by atoms with Crippen LogP contribution in [0.1, 0.15) is 17.4 Å². The second-order valence-corrected chi connectivity index (χ2v) is 7.78. The Balaban J connectivity index is 1.70. The molecule has 0 atom stereocenters. The first-order valence-electron chi connectivity index (χ1n) is 8.29. The number of carbonyl (C=O) groups excluding carboxylic acids is 1. The molecule has 0 fully saturated rings. The van der Waals surface area contributed by atoms with Crippen LogP contribution in [0.2, 0.25) is 0 Å². The molecule has 0 saturated carbocycles. The van der Waals surface area contributed by atoms with E-state index in [-0.39, 0.29) is 23.6 Å². The summed E-state index contributed by atoms with van der Waals surface area (Å²) in [5.74, 6) is -0.212. The SMILES string of the molecule is CCc1cc2c(=O)n(CC(=O)N/N=C\c3cc(Br)c(O)c(OC)c3)cnc2s1. The number of nitrogens with zero attached hydrogens (tertiary/aromatic N) is 3. The number of nitrogens with one attached hydrogen (secondary N) is 1. The lowest BCUT2D eigenvalue weighted by atomic mass is 10.2. The lowest BCUT2D eigenvalue weighted by Crippen LogP contribution is -2.29. The summed E-state index contributed by atoms with van der Waals surface area (Å²) < 4.78 is 6.75. The van der Waals surface area contributed by atoms with Gasteiger partial charge in [0, 0.05) is 4.88 Å². The molecule has 0 saturated heterocycles. The summed E-state index contributed by atoms with van der Waals surface area (Å²) in [5, 5.41) is 14.2. The number of aromatic hydroxyl groups is 1. The zero-order chi connectivity index (χ0) is 20.3. The third-order valence-electron chi connectivity index (χ3n) is 3.91. The number of aromatic nitrogens is 2. The van der Waals surface area contributed by atoms with Crippen LogP contribution in [0.15, 0.2) is 38.9 Å². The number of carbonyl (C=O) groups is 1. The Bertz CT molecular complexity index is 1120. The van der Waals surface area contributed by atoms with Crippen molar-refractivity contribution in [1.29, 1.82) is 0 Å². The number of hydrogen-bond donors (Lipinski definition) is 2. The van der Waals surface area contributed by atoms with Crippen molar-refractivity contribution < 1.29 is 14.6 Å². The first-order valence-corrected chi connectivity index (χ1v) is 9.90. The highest BCUT2D eigenvalue weighted by Gasteiger charge is 2.11. The molecular formula is C18H17BrN4O4S. The summed E-state index contributed by atoms with van der Waals surface area (Å²) in [6.07, 6.45) is 3.60. The van der Waals surface area contributed by atoms with Crippen molar-refractivity contribution in [3.8, 4) is 11.5 Å². The van der Waals surface area contributed by atoms with Crippen molar-refractivity contribution in [2.24, 2.45) is 5.10 Å². The maximum atomic E-state index is 12.5. The van der Waals surface area contributed by atoms with E-state index in [0.29, 0.717) is 20.3 Å². The number of thiophene rings is 1. The fourth-order valence-corrected chi connectivity index (χ4v) is 3.87. The van der Waals surface area contributed by atoms with Gasteiger partial charge in [-0.2, -0.15) is 5.10 Å². The number of aryl methyl sites for hydroxylation is 1. The maximum Gasteiger partial charge on any atom is 0.262 e. The molecule has 3 aromatic rings. The Morgan fingerprint density at radius 3 is 2.96 bits per heavy atom. The van der Waals surface area contributed by atoms with Crippen molar-refractivity contribution in [3.05, 3.63) is 49.8 Å². The van der Waals surface area contributed by atoms with Gasteiger partial charge < -0.3 is 9.84 Å². The third kappa shape index (κ3) is 4.23. The van der Waals surface area contributed by atoms with Gasteiger partial charge in [0.1, 0.15) is 11.4 Å². The van der Waals surface area contributed by atoms with E-state index in [0.717, 1.165) is 11.3 Å². The highest BCUT2D eigenvalue weighted by Crippen LogP contribution is 2.34. The minimum absolute atomic E-state index is 0.0226. The third-order valence-corrected chi connectivity index (χ3v) is 5.70. The van der Waals surface area contributed by atoms with Crippen molar-refractivity contribution in [1.82, 2.24) is 15.0 Å². The van der Waals surface area contributed by atoms with E-state index in [1.807, 2.05) is 13.0 Å². The summed E-state index contributed by atoms with van der Waals surface area (Å²) in [7, 11) is 1.43. The predicted molar refractivity (Wildman–Crippen MR) is 111 cm³/mol. The van der Waals surface area contributed by atoms with Gasteiger partial charge >= 0.3 is 0 Å². The van der Waals surface area contributed by atoms with Crippen LogP contribution < -0.4 is 15.7 Å². The number of amides is 1. The second kappa shape index (κ2) is 8.53. The lowest BCUT2D eigenvalue weighted by Gasteiger charge is -2.06. The molecule has 10 heteroatoms. The molecule has 146 valence electrons. The lowest BCUT2D eigenvalue weighted by molar-refractivity contribution is -0.121. The van der Waals surface area contributed by atoms with Gasteiger partial charge in [0.2, 0.25) is 0 Å². The number of fused-ring (bicyclic) bond motifs is 1. The number of hydrazone groups is 1. The first-order chi connectivity index (χ1) is 13.4. The molecule has 0 spiro atoms. The number of ether oxygens (including phenoxy) is 1. The van der Waals surface area contributed by atoms with Crippen LogP contribution in [0.3, 0.4) is 0 Å². The van der Waals surface area contributed by atoms with Gasteiger partial charge in [-0.05, 0) is 46.1 Å². The van der Waals surface area contributed by atoms with Gasteiger partial charge in [-0.25, -0.2) is 10.4 Å². The summed E-state index contributed by atoms with van der Waals surface area (Å²) >= 11 is 4.69. The number of benzene rings is 1. The highest BCUT2D eigenvalue weighted by atomic mass is 79.9. The molecule has 3 rings (SSSR count). The quantitative estimate of drug-likeness (QED) is 0.430. The molecule has 2 heterocycles. The van der Waals surface area contributed by atoms with Crippen molar-refractivity contribution >= 4 is 49.6 Å². The van der Waals surface area contributed by atoms with Crippen molar-refractivity contribution in [3.63, 3.8) is 0 Å². The molecule has 1 aromatic carbocycles. The number of phenols is 1. The van der Waals surface area contributed by atoms with Crippen LogP contribution in [0, 0.1) is 0 Å². The topological polar surface area (TPSA) is 106 Å². The van der Waals surface area contributed by atoms with Crippen LogP contribution >= 0.6 is 27.3 Å². The van der Waals surface area contributed by atoms with Gasteiger partial charge in [0.15, 0.2) is 11.5 Å². The Morgan fingerprint density at radius 1 is 1.46 bits per heavy atom. The highest BCUT2D eigenvalue weighted by molar-refractivity contribution is 9.10. The first kappa shape index (κ1) is 20.0. The monoisotopic (exact) mass is 464 g/mol. The van der Waals surface area contributed by atoms with E-state index >= 15 is 0 Å². The molecule has 0 aliphatic rings. The number of methoxy groups -OCH3 is 1. The van der Waals surface area contributed by atoms with Crippen molar-refractivity contribution in [2.45, 2.75) is 19.9 Å². The average molecular weight is 465 g/mol. The van der Waals surface area contributed by atoms with Crippen molar-refractivity contribution in [2.75, 3.05) is 7.11 Å². The normalized spacial score (nSPS) is 11.2. The molecule has 2 N–H and O–H groups in total. The Hall–Kier alpha value is -2.72. The van der Waals surface area contributed by atoms with Gasteiger partial charge in [0.05, 0.1) is 29.5 Å². The average Bonchev–Trinajstić information content (AvgIpc) is 3.11. The maximum absolute atomic E-state index is 12.5. The summed E-state index contributed by atoms with van der Waals surface area (Å²) in [5.41, 5.74) is 2.72. The molecule has 28 heavy (non-hydrogen) atoms. The number of phenolic OH excluding ortho intramolecular Hbond substituents is 1. The van der Waals surface area contributed by atoms with E-state index in [4.69, 9.17) is 4.74 Å². The largest absolute Gasteiger partial charge is 0.503 e. The Labute approximate surface area is 172 Å². The molecule has 1 amide bonds. The molecule has 0 unspecified atom stereocenters. The van der Waals surface area contributed by atoms with Gasteiger partial charge in [-0.3, -0.25) is 14.2 Å². The smallest absolute Gasteiger partial charge is 0.262 e. The molecule has 0 radical (unpaired) electrons. The molecule has 2 aromatic heterocycles. The minimum atomic E-state index is -0.463. The van der Waals surface area contributed by atoms with Gasteiger partial charge in [-0.1, -0.05) is 6.92 Å². The summed E-state index contributed by atoms with van der Waals surface area (Å²) in [4.78, 5) is 30.6. The van der Waals surface area contributed by atoms with E-state index in [9.17, 15) is 14.7 Å². The zero-order valence-corrected chi connectivity index (χ0v) is 17.5. The van der Waals surface area contributed by atoms with Gasteiger partial charge in [-0.15, -0.1) is 11.3 Å². The van der Waals surface area contributed by atoms with Crippen LogP contribution in [-0.2, 0) is 17.8 Å². The van der Waals surface area contributed by atoms with Crippen LogP contribution in [0.4, 0.5) is 0 Å². The Morgan fingerprint density at radius 2 is 2.25 bits per heavy atom. The van der Waals surface area contributed by atoms with Gasteiger partial charge in [0.25, 0.3) is 11.5 Å². The van der Waals surface area contributed by atoms with E-state index < -0.39 is 5.91 Å². The number of halogens is 1. The summed E-state index contributed by atoms with van der Waals surface area (Å²) in [6, 6.07) is 5.01. The number of rotatable bonds is 6. The van der Waals surface area contributed by atoms with Crippen LogP contribution in [0.25, 0.3) is 10.2 Å².